The molecule has 1 atom stereocenters. The van der Waals surface area contributed by atoms with Crippen LogP contribution in [-0.2, 0) is 10.7 Å². The Labute approximate surface area is 244 Å². The SMILES string of the molecule is COc1cccc(OC)c1C(=O)C(CCCCCCC[P+](=O)Cc1ccccc1)C(=O)c1c(OC)cccc1OC. The summed E-state index contributed by atoms with van der Waals surface area (Å²) in [7, 11) is 4.67. The van der Waals surface area contributed by atoms with Crippen molar-refractivity contribution in [2.75, 3.05) is 34.6 Å². The van der Waals surface area contributed by atoms with Crippen molar-refractivity contribution < 1.29 is 33.1 Å². The Morgan fingerprint density at radius 2 is 1.05 bits per heavy atom. The van der Waals surface area contributed by atoms with Gasteiger partial charge >= 0.3 is 7.80 Å². The van der Waals surface area contributed by atoms with Crippen molar-refractivity contribution in [1.29, 1.82) is 0 Å². The second-order valence-electron chi connectivity index (χ2n) is 9.76. The molecule has 0 bridgehead atoms. The topological polar surface area (TPSA) is 88.1 Å². The van der Waals surface area contributed by atoms with E-state index in [2.05, 4.69) is 0 Å². The Morgan fingerprint density at radius 1 is 0.610 bits per heavy atom. The van der Waals surface area contributed by atoms with Gasteiger partial charge in [0.15, 0.2) is 17.7 Å². The first-order chi connectivity index (χ1) is 19.9. The number of carbonyl (C=O) groups is 2. The van der Waals surface area contributed by atoms with Crippen LogP contribution in [0.15, 0.2) is 66.7 Å². The van der Waals surface area contributed by atoms with Gasteiger partial charge in [-0.1, -0.05) is 66.3 Å². The number of rotatable bonds is 18. The van der Waals surface area contributed by atoms with Gasteiger partial charge in [-0.15, -0.1) is 0 Å². The Kier molecular flexibility index (Phi) is 12.8. The summed E-state index contributed by atoms with van der Waals surface area (Å²) >= 11 is 0. The minimum atomic E-state index is -1.27. The molecule has 0 aliphatic rings. The number of ether oxygens (including phenoxy) is 4. The molecule has 0 fully saturated rings. The van der Waals surface area contributed by atoms with E-state index in [4.69, 9.17) is 18.9 Å². The zero-order valence-electron chi connectivity index (χ0n) is 24.4. The molecule has 0 spiro atoms. The van der Waals surface area contributed by atoms with E-state index in [9.17, 15) is 14.2 Å². The largest absolute Gasteiger partial charge is 0.496 e. The normalized spacial score (nSPS) is 11.2. The molecule has 0 aromatic heterocycles. The molecular weight excluding hydrogens is 539 g/mol. The number of methoxy groups -OCH3 is 4. The Balaban J connectivity index is 1.70. The van der Waals surface area contributed by atoms with Crippen LogP contribution in [0.3, 0.4) is 0 Å². The number of benzene rings is 3. The van der Waals surface area contributed by atoms with Crippen LogP contribution in [0.5, 0.6) is 23.0 Å². The van der Waals surface area contributed by atoms with Gasteiger partial charge in [0, 0.05) is 0 Å². The van der Waals surface area contributed by atoms with Gasteiger partial charge in [0.2, 0.25) is 0 Å². The van der Waals surface area contributed by atoms with Gasteiger partial charge in [-0.3, -0.25) is 9.59 Å². The fraction of sp³-hybridized carbons (Fsp3) is 0.394. The zero-order valence-corrected chi connectivity index (χ0v) is 25.3. The first-order valence-electron chi connectivity index (χ1n) is 13.9. The third kappa shape index (κ3) is 8.64. The molecule has 0 saturated carbocycles. The Morgan fingerprint density at radius 3 is 1.51 bits per heavy atom. The summed E-state index contributed by atoms with van der Waals surface area (Å²) in [6, 6.07) is 20.1. The van der Waals surface area contributed by atoms with Crippen molar-refractivity contribution in [3.8, 4) is 23.0 Å². The van der Waals surface area contributed by atoms with Gasteiger partial charge in [0.25, 0.3) is 0 Å². The highest BCUT2D eigenvalue weighted by atomic mass is 31.1. The smallest absolute Gasteiger partial charge is 0.343 e. The molecule has 0 radical (unpaired) electrons. The van der Waals surface area contributed by atoms with Crippen molar-refractivity contribution in [3.05, 3.63) is 83.4 Å². The molecule has 218 valence electrons. The van der Waals surface area contributed by atoms with Gasteiger partial charge in [-0.25, -0.2) is 0 Å². The number of hydrogen-bond acceptors (Lipinski definition) is 7. The number of ketones is 2. The number of carbonyl (C=O) groups excluding carboxylic acids is 2. The van der Waals surface area contributed by atoms with Crippen LogP contribution < -0.4 is 18.9 Å². The van der Waals surface area contributed by atoms with E-state index in [-0.39, 0.29) is 22.7 Å². The van der Waals surface area contributed by atoms with E-state index in [1.54, 1.807) is 36.4 Å². The second-order valence-corrected chi connectivity index (χ2v) is 11.5. The van der Waals surface area contributed by atoms with Gasteiger partial charge in [0.05, 0.1) is 34.4 Å². The van der Waals surface area contributed by atoms with E-state index < -0.39 is 13.7 Å². The fourth-order valence-corrected chi connectivity index (χ4v) is 6.30. The summed E-state index contributed by atoms with van der Waals surface area (Å²) in [6.07, 6.45) is 5.95. The van der Waals surface area contributed by atoms with Crippen LogP contribution in [0, 0.1) is 5.92 Å². The monoisotopic (exact) mass is 579 g/mol. The van der Waals surface area contributed by atoms with E-state index in [1.165, 1.54) is 28.4 Å². The molecule has 41 heavy (non-hydrogen) atoms. The van der Waals surface area contributed by atoms with Crippen LogP contribution in [0.25, 0.3) is 0 Å². The van der Waals surface area contributed by atoms with Gasteiger partial charge in [-0.05, 0) is 49.1 Å². The predicted molar refractivity (Wildman–Crippen MR) is 162 cm³/mol. The molecule has 8 heteroatoms. The number of unbranched alkanes of at least 4 members (excludes halogenated alkanes) is 4. The maximum Gasteiger partial charge on any atom is 0.343 e. The lowest BCUT2D eigenvalue weighted by Gasteiger charge is -2.20. The average Bonchev–Trinajstić information content (AvgIpc) is 3.01. The minimum absolute atomic E-state index is 0.243. The summed E-state index contributed by atoms with van der Waals surface area (Å²) in [5.74, 6) is -0.309. The summed E-state index contributed by atoms with van der Waals surface area (Å²) < 4.78 is 34.4. The first kappa shape index (κ1) is 31.8. The Bertz CT molecular complexity index is 1190. The van der Waals surface area contributed by atoms with Gasteiger partial charge < -0.3 is 18.9 Å². The number of hydrogen-bond donors (Lipinski definition) is 0. The average molecular weight is 580 g/mol. The predicted octanol–water partition coefficient (Wildman–Crippen LogP) is 7.77. The summed E-state index contributed by atoms with van der Waals surface area (Å²) in [4.78, 5) is 28.0. The zero-order chi connectivity index (χ0) is 29.6. The Hall–Kier alpha value is -3.70. The molecule has 0 heterocycles. The molecule has 7 nitrogen and oxygen atoms in total. The van der Waals surface area contributed by atoms with Crippen LogP contribution >= 0.6 is 7.80 Å². The highest BCUT2D eigenvalue weighted by Gasteiger charge is 2.35. The summed E-state index contributed by atoms with van der Waals surface area (Å²) in [5, 5.41) is 0. The van der Waals surface area contributed by atoms with Crippen molar-refractivity contribution in [2.24, 2.45) is 5.92 Å². The molecule has 0 N–H and O–H groups in total. The van der Waals surface area contributed by atoms with Crippen molar-refractivity contribution in [3.63, 3.8) is 0 Å². The van der Waals surface area contributed by atoms with Gasteiger partial charge in [0.1, 0.15) is 40.3 Å². The van der Waals surface area contributed by atoms with E-state index in [0.717, 1.165) is 31.2 Å². The first-order valence-corrected chi connectivity index (χ1v) is 15.5. The van der Waals surface area contributed by atoms with Crippen LogP contribution in [0.2, 0.25) is 0 Å². The van der Waals surface area contributed by atoms with E-state index >= 15 is 0 Å². The number of Topliss-reactive ketones (excluding diaryl/α,β-unsaturated/α-hetero) is 2. The standard InChI is InChI=1S/C33H40O7P/c1-37-26-18-13-19-27(38-2)30(26)32(34)25(33(35)31-28(39-3)20-14-21-29(31)40-4)17-11-6-5-7-12-22-41(36)23-24-15-9-8-10-16-24/h8-10,13-16,18-21,25H,5-7,11-12,17,22-23H2,1-4H3/q+1. The highest BCUT2D eigenvalue weighted by Crippen LogP contribution is 2.37. The van der Waals surface area contributed by atoms with Crippen molar-refractivity contribution in [1.82, 2.24) is 0 Å². The fourth-order valence-electron chi connectivity index (χ4n) is 4.95. The van der Waals surface area contributed by atoms with Gasteiger partial charge in [-0.2, -0.15) is 0 Å². The lowest BCUT2D eigenvalue weighted by molar-refractivity contribution is 0.0790. The third-order valence-electron chi connectivity index (χ3n) is 7.08. The second kappa shape index (κ2) is 16.5. The highest BCUT2D eigenvalue weighted by molar-refractivity contribution is 7.43. The molecule has 0 amide bonds. The summed E-state index contributed by atoms with van der Waals surface area (Å²) in [5.41, 5.74) is 1.59. The van der Waals surface area contributed by atoms with Crippen molar-refractivity contribution in [2.45, 2.75) is 44.7 Å². The molecule has 0 aliphatic carbocycles. The maximum atomic E-state index is 14.0. The molecule has 3 rings (SSSR count). The molecule has 3 aromatic carbocycles. The molecular formula is C33H40O7P+. The van der Waals surface area contributed by atoms with E-state index in [1.807, 2.05) is 30.3 Å². The lowest BCUT2D eigenvalue weighted by atomic mass is 9.84. The molecule has 3 aromatic rings. The third-order valence-corrected chi connectivity index (χ3v) is 8.62. The molecule has 0 aliphatic heterocycles. The quantitative estimate of drug-likeness (QED) is 0.0658. The summed E-state index contributed by atoms with van der Waals surface area (Å²) in [6.45, 7) is 0. The van der Waals surface area contributed by atoms with E-state index in [0.29, 0.717) is 48.2 Å². The maximum absolute atomic E-state index is 14.0. The molecule has 1 unspecified atom stereocenters. The molecule has 0 saturated heterocycles. The minimum Gasteiger partial charge on any atom is -0.496 e. The van der Waals surface area contributed by atoms with Crippen LogP contribution in [0.1, 0.15) is 64.8 Å². The van der Waals surface area contributed by atoms with Crippen LogP contribution in [-0.4, -0.2) is 46.2 Å². The van der Waals surface area contributed by atoms with Crippen molar-refractivity contribution >= 4 is 19.4 Å². The van der Waals surface area contributed by atoms with Crippen LogP contribution in [0.4, 0.5) is 0 Å². The lowest BCUT2D eigenvalue weighted by Crippen LogP contribution is -2.26.